The summed E-state index contributed by atoms with van der Waals surface area (Å²) in [5, 5.41) is 4.37. The highest BCUT2D eigenvalue weighted by Crippen LogP contribution is 2.31. The van der Waals surface area contributed by atoms with Crippen LogP contribution in [0.25, 0.3) is 10.8 Å². The van der Waals surface area contributed by atoms with Crippen molar-refractivity contribution >= 4 is 22.6 Å². The second-order valence-corrected chi connectivity index (χ2v) is 6.33. The molecule has 2 aromatic rings. The van der Waals surface area contributed by atoms with E-state index in [9.17, 15) is 9.59 Å². The number of amides is 2. The first-order valence-electron chi connectivity index (χ1n) is 8.25. The molecule has 1 aromatic heterocycles. The first-order valence-corrected chi connectivity index (χ1v) is 8.25. The van der Waals surface area contributed by atoms with Crippen LogP contribution in [-0.2, 0) is 4.79 Å². The fourth-order valence-electron chi connectivity index (χ4n) is 2.82. The van der Waals surface area contributed by atoms with Crippen molar-refractivity contribution in [3.63, 3.8) is 0 Å². The van der Waals surface area contributed by atoms with E-state index in [4.69, 9.17) is 15.2 Å². The summed E-state index contributed by atoms with van der Waals surface area (Å²) in [6.07, 6.45) is 2.77. The van der Waals surface area contributed by atoms with E-state index in [2.05, 4.69) is 10.3 Å². The molecular formula is C18H21N3O4. The van der Waals surface area contributed by atoms with Crippen LogP contribution in [-0.4, -0.2) is 35.6 Å². The Morgan fingerprint density at radius 2 is 2.24 bits per heavy atom. The normalized spacial score (nSPS) is 16.9. The van der Waals surface area contributed by atoms with Crippen LogP contribution in [0.5, 0.6) is 11.6 Å². The number of carbonyl (C=O) groups is 2. The summed E-state index contributed by atoms with van der Waals surface area (Å²) in [4.78, 5) is 27.3. The zero-order valence-corrected chi connectivity index (χ0v) is 14.2. The number of primary amides is 1. The van der Waals surface area contributed by atoms with Gasteiger partial charge >= 0.3 is 0 Å². The molecule has 0 saturated carbocycles. The lowest BCUT2D eigenvalue weighted by Gasteiger charge is -2.16. The molecule has 7 heteroatoms. The number of nitrogens with two attached hydrogens (primary N) is 1. The average Bonchev–Trinajstić information content (AvgIpc) is 2.97. The summed E-state index contributed by atoms with van der Waals surface area (Å²) in [5.41, 5.74) is 5.79. The van der Waals surface area contributed by atoms with E-state index in [1.165, 1.54) is 0 Å². The maximum atomic E-state index is 11.7. The van der Waals surface area contributed by atoms with E-state index in [0.717, 1.165) is 17.2 Å². The molecule has 2 heterocycles. The van der Waals surface area contributed by atoms with Crippen LogP contribution in [0.4, 0.5) is 0 Å². The highest BCUT2D eigenvalue weighted by molar-refractivity contribution is 6.01. The number of carbonyl (C=O) groups excluding carboxylic acids is 2. The van der Waals surface area contributed by atoms with Gasteiger partial charge in [-0.1, -0.05) is 0 Å². The van der Waals surface area contributed by atoms with E-state index in [0.29, 0.717) is 30.2 Å². The molecule has 0 bridgehead atoms. The lowest BCUT2D eigenvalue weighted by molar-refractivity contribution is -0.119. The fourth-order valence-corrected chi connectivity index (χ4v) is 2.82. The summed E-state index contributed by atoms with van der Waals surface area (Å²) in [5.74, 6) is 0.328. The monoisotopic (exact) mass is 343 g/mol. The molecule has 1 atom stereocenters. The van der Waals surface area contributed by atoms with Crippen LogP contribution < -0.4 is 20.5 Å². The molecule has 3 N–H and O–H groups in total. The standard InChI is InChI=1S/C18H21N3O4/c1-10(2)25-15-8-13-11(7-14(15)17(19)23)5-6-20-18(13)24-9-12-3-4-16(22)21-12/h5-8,10,12H,3-4,9H2,1-2H3,(H2,19,23)(H,21,22)/t12-/m0/s1. The summed E-state index contributed by atoms with van der Waals surface area (Å²) >= 11 is 0. The van der Waals surface area contributed by atoms with Gasteiger partial charge in [-0.3, -0.25) is 9.59 Å². The highest BCUT2D eigenvalue weighted by atomic mass is 16.5. The van der Waals surface area contributed by atoms with Gasteiger partial charge in [0.05, 0.1) is 17.7 Å². The Kier molecular flexibility index (Phi) is 4.74. The van der Waals surface area contributed by atoms with Gasteiger partial charge in [-0.05, 0) is 43.9 Å². The second kappa shape index (κ2) is 6.96. The molecule has 0 aliphatic carbocycles. The third-order valence-electron chi connectivity index (χ3n) is 3.96. The molecule has 25 heavy (non-hydrogen) atoms. The molecule has 1 aliphatic heterocycles. The molecule has 0 radical (unpaired) electrons. The third-order valence-corrected chi connectivity index (χ3v) is 3.96. The van der Waals surface area contributed by atoms with Crippen molar-refractivity contribution in [3.05, 3.63) is 30.0 Å². The Morgan fingerprint density at radius 3 is 2.88 bits per heavy atom. The molecule has 1 saturated heterocycles. The van der Waals surface area contributed by atoms with Gasteiger partial charge in [0.2, 0.25) is 11.8 Å². The Labute approximate surface area is 145 Å². The van der Waals surface area contributed by atoms with Crippen LogP contribution in [0.3, 0.4) is 0 Å². The quantitative estimate of drug-likeness (QED) is 0.832. The summed E-state index contributed by atoms with van der Waals surface area (Å²) in [6, 6.07) is 5.18. The molecule has 0 unspecified atom stereocenters. The van der Waals surface area contributed by atoms with Crippen molar-refractivity contribution in [1.82, 2.24) is 10.3 Å². The van der Waals surface area contributed by atoms with E-state index in [1.807, 2.05) is 13.8 Å². The summed E-state index contributed by atoms with van der Waals surface area (Å²) in [6.45, 7) is 4.09. The van der Waals surface area contributed by atoms with Crippen LogP contribution in [0, 0.1) is 0 Å². The number of nitrogens with zero attached hydrogens (tertiary/aromatic N) is 1. The number of pyridine rings is 1. The van der Waals surface area contributed by atoms with E-state index in [1.54, 1.807) is 24.4 Å². The van der Waals surface area contributed by atoms with Gasteiger partial charge in [0.15, 0.2) is 0 Å². The average molecular weight is 343 g/mol. The minimum Gasteiger partial charge on any atom is -0.490 e. The first-order chi connectivity index (χ1) is 11.9. The van der Waals surface area contributed by atoms with Crippen LogP contribution >= 0.6 is 0 Å². The van der Waals surface area contributed by atoms with E-state index in [-0.39, 0.29) is 18.1 Å². The SMILES string of the molecule is CC(C)Oc1cc2c(OC[C@@H]3CCC(=O)N3)nccc2cc1C(N)=O. The van der Waals surface area contributed by atoms with Gasteiger partial charge in [0, 0.05) is 18.0 Å². The van der Waals surface area contributed by atoms with Crippen LogP contribution in [0.2, 0.25) is 0 Å². The van der Waals surface area contributed by atoms with Crippen molar-refractivity contribution in [1.29, 1.82) is 0 Å². The Morgan fingerprint density at radius 1 is 1.44 bits per heavy atom. The van der Waals surface area contributed by atoms with Crippen molar-refractivity contribution in [3.8, 4) is 11.6 Å². The van der Waals surface area contributed by atoms with E-state index >= 15 is 0 Å². The van der Waals surface area contributed by atoms with Crippen molar-refractivity contribution in [2.24, 2.45) is 5.73 Å². The zero-order chi connectivity index (χ0) is 18.0. The number of rotatable bonds is 6. The van der Waals surface area contributed by atoms with Gasteiger partial charge in [-0.2, -0.15) is 0 Å². The minimum atomic E-state index is -0.550. The van der Waals surface area contributed by atoms with Crippen LogP contribution in [0.1, 0.15) is 37.0 Å². The van der Waals surface area contributed by atoms with Gasteiger partial charge in [-0.25, -0.2) is 4.98 Å². The summed E-state index contributed by atoms with van der Waals surface area (Å²) in [7, 11) is 0. The fraction of sp³-hybridized carbons (Fsp3) is 0.389. The predicted molar refractivity (Wildman–Crippen MR) is 92.7 cm³/mol. The Bertz CT molecular complexity index is 819. The number of ether oxygens (including phenoxy) is 2. The zero-order valence-electron chi connectivity index (χ0n) is 14.2. The van der Waals surface area contributed by atoms with Crippen molar-refractivity contribution in [2.45, 2.75) is 38.8 Å². The molecule has 3 rings (SSSR count). The van der Waals surface area contributed by atoms with Gasteiger partial charge in [0.25, 0.3) is 5.91 Å². The molecule has 1 aromatic carbocycles. The molecule has 7 nitrogen and oxygen atoms in total. The molecular weight excluding hydrogens is 322 g/mol. The molecule has 1 fully saturated rings. The maximum Gasteiger partial charge on any atom is 0.252 e. The topological polar surface area (TPSA) is 104 Å². The lowest BCUT2D eigenvalue weighted by Crippen LogP contribution is -2.31. The minimum absolute atomic E-state index is 0.0131. The van der Waals surface area contributed by atoms with Gasteiger partial charge in [-0.15, -0.1) is 0 Å². The molecule has 132 valence electrons. The maximum absolute atomic E-state index is 11.7. The third kappa shape index (κ3) is 3.81. The predicted octanol–water partition coefficient (Wildman–Crippen LogP) is 1.78. The largest absolute Gasteiger partial charge is 0.490 e. The number of fused-ring (bicyclic) bond motifs is 1. The lowest BCUT2D eigenvalue weighted by atomic mass is 10.1. The highest BCUT2D eigenvalue weighted by Gasteiger charge is 2.22. The smallest absolute Gasteiger partial charge is 0.252 e. The van der Waals surface area contributed by atoms with Crippen molar-refractivity contribution in [2.75, 3.05) is 6.61 Å². The number of aromatic nitrogens is 1. The summed E-state index contributed by atoms with van der Waals surface area (Å²) < 4.78 is 11.5. The van der Waals surface area contributed by atoms with Gasteiger partial charge in [0.1, 0.15) is 12.4 Å². The van der Waals surface area contributed by atoms with Crippen LogP contribution in [0.15, 0.2) is 24.4 Å². The van der Waals surface area contributed by atoms with Gasteiger partial charge < -0.3 is 20.5 Å². The molecule has 1 aliphatic rings. The number of hydrogen-bond donors (Lipinski definition) is 2. The Balaban J connectivity index is 1.93. The molecule has 2 amide bonds. The van der Waals surface area contributed by atoms with Crippen molar-refractivity contribution < 1.29 is 19.1 Å². The number of benzene rings is 1. The first kappa shape index (κ1) is 17.0. The number of hydrogen-bond acceptors (Lipinski definition) is 5. The number of nitrogens with one attached hydrogen (secondary N) is 1. The van der Waals surface area contributed by atoms with E-state index < -0.39 is 5.91 Å². The molecule has 0 spiro atoms. The second-order valence-electron chi connectivity index (χ2n) is 6.33. The Hall–Kier alpha value is -2.83.